The van der Waals surface area contributed by atoms with E-state index in [-0.39, 0.29) is 0 Å². The molecule has 0 radical (unpaired) electrons. The Balaban J connectivity index is 0.000000145. The lowest BCUT2D eigenvalue weighted by Crippen LogP contribution is -2.35. The predicted octanol–water partition coefficient (Wildman–Crippen LogP) is 1.35. The fourth-order valence-corrected chi connectivity index (χ4v) is 1.20. The van der Waals surface area contributed by atoms with Gasteiger partial charge < -0.3 is 9.72 Å². The number of likely N-dealkylation sites (N-methyl/N-ethyl adjacent to an activating group) is 1. The molecule has 0 bridgehead atoms. The Kier molecular flexibility index (Phi) is 5.29. The second-order valence-corrected chi connectivity index (χ2v) is 2.93. The first-order valence-corrected chi connectivity index (χ1v) is 4.81. The molecule has 0 aromatic carbocycles. The van der Waals surface area contributed by atoms with E-state index >= 15 is 0 Å². The van der Waals surface area contributed by atoms with Gasteiger partial charge in [0.2, 0.25) is 0 Å². The SMILES string of the molecule is CCN1CCOCC1.c1cc[nH]c1. The van der Waals surface area contributed by atoms with E-state index < -0.39 is 0 Å². The van der Waals surface area contributed by atoms with Crippen LogP contribution in [0.1, 0.15) is 6.92 Å². The number of rotatable bonds is 1. The minimum absolute atomic E-state index is 0.924. The number of aromatic amines is 1. The van der Waals surface area contributed by atoms with Crippen LogP contribution in [0.15, 0.2) is 24.5 Å². The topological polar surface area (TPSA) is 28.3 Å². The number of hydrogen-bond donors (Lipinski definition) is 1. The minimum Gasteiger partial charge on any atom is -0.379 e. The van der Waals surface area contributed by atoms with Gasteiger partial charge in [0.25, 0.3) is 0 Å². The number of hydrogen-bond acceptors (Lipinski definition) is 2. The molecule has 1 aromatic heterocycles. The van der Waals surface area contributed by atoms with Crippen LogP contribution in [0, 0.1) is 0 Å². The average Bonchev–Trinajstić information content (AvgIpc) is 2.77. The summed E-state index contributed by atoms with van der Waals surface area (Å²) in [6, 6.07) is 3.89. The van der Waals surface area contributed by atoms with Gasteiger partial charge in [-0.1, -0.05) is 6.92 Å². The lowest BCUT2D eigenvalue weighted by Gasteiger charge is -2.24. The molecule has 13 heavy (non-hydrogen) atoms. The second-order valence-electron chi connectivity index (χ2n) is 2.93. The van der Waals surface area contributed by atoms with Crippen molar-refractivity contribution >= 4 is 0 Å². The summed E-state index contributed by atoms with van der Waals surface area (Å²) in [5.74, 6) is 0. The van der Waals surface area contributed by atoms with Crippen LogP contribution in [-0.4, -0.2) is 42.7 Å². The molecule has 1 aliphatic rings. The fraction of sp³-hybridized carbons (Fsp3) is 0.600. The summed E-state index contributed by atoms with van der Waals surface area (Å²) in [5.41, 5.74) is 0. The Hall–Kier alpha value is -0.800. The molecule has 0 saturated carbocycles. The first-order chi connectivity index (χ1) is 6.43. The van der Waals surface area contributed by atoms with Gasteiger partial charge in [-0.15, -0.1) is 0 Å². The quantitative estimate of drug-likeness (QED) is 0.710. The van der Waals surface area contributed by atoms with Crippen molar-refractivity contribution in [1.82, 2.24) is 9.88 Å². The van der Waals surface area contributed by atoms with Crippen molar-refractivity contribution < 1.29 is 4.74 Å². The molecule has 1 N–H and O–H groups in total. The highest BCUT2D eigenvalue weighted by molar-refractivity contribution is 4.84. The Bertz CT molecular complexity index is 164. The number of ether oxygens (including phenoxy) is 1. The molecule has 1 saturated heterocycles. The second kappa shape index (κ2) is 6.69. The molecule has 0 amide bonds. The standard InChI is InChI=1S/C6H13NO.C4H5N/c1-2-7-3-5-8-6-4-7;1-2-4-5-3-1/h2-6H2,1H3;1-5H. The molecule has 0 unspecified atom stereocenters. The molecule has 0 atom stereocenters. The van der Waals surface area contributed by atoms with Gasteiger partial charge in [-0.2, -0.15) is 0 Å². The maximum atomic E-state index is 5.16. The van der Waals surface area contributed by atoms with Gasteiger partial charge in [0.15, 0.2) is 0 Å². The van der Waals surface area contributed by atoms with Gasteiger partial charge in [-0.3, -0.25) is 4.90 Å². The number of aromatic nitrogens is 1. The van der Waals surface area contributed by atoms with Crippen molar-refractivity contribution in [2.24, 2.45) is 0 Å². The average molecular weight is 182 g/mol. The zero-order valence-electron chi connectivity index (χ0n) is 8.20. The molecular weight excluding hydrogens is 164 g/mol. The van der Waals surface area contributed by atoms with Crippen molar-refractivity contribution in [2.45, 2.75) is 6.92 Å². The van der Waals surface area contributed by atoms with Gasteiger partial charge in [0.1, 0.15) is 0 Å². The highest BCUT2D eigenvalue weighted by Gasteiger charge is 2.05. The third-order valence-electron chi connectivity index (χ3n) is 2.05. The van der Waals surface area contributed by atoms with Crippen LogP contribution < -0.4 is 0 Å². The van der Waals surface area contributed by atoms with E-state index in [9.17, 15) is 0 Å². The summed E-state index contributed by atoms with van der Waals surface area (Å²) in [6.07, 6.45) is 3.75. The largest absolute Gasteiger partial charge is 0.379 e. The van der Waals surface area contributed by atoms with Crippen LogP contribution >= 0.6 is 0 Å². The van der Waals surface area contributed by atoms with E-state index in [0.29, 0.717) is 0 Å². The third kappa shape index (κ3) is 4.70. The van der Waals surface area contributed by atoms with Crippen molar-refractivity contribution in [3.05, 3.63) is 24.5 Å². The Morgan fingerprint density at radius 1 is 1.23 bits per heavy atom. The number of H-pyrrole nitrogens is 1. The molecule has 3 nitrogen and oxygen atoms in total. The molecule has 1 aromatic rings. The Morgan fingerprint density at radius 3 is 2.15 bits per heavy atom. The third-order valence-corrected chi connectivity index (χ3v) is 2.05. The molecule has 2 rings (SSSR count). The van der Waals surface area contributed by atoms with E-state index in [4.69, 9.17) is 4.74 Å². The molecule has 1 aliphatic heterocycles. The zero-order chi connectivity index (χ0) is 9.36. The summed E-state index contributed by atoms with van der Waals surface area (Å²) in [7, 11) is 0. The number of nitrogens with one attached hydrogen (secondary N) is 1. The van der Waals surface area contributed by atoms with Crippen LogP contribution in [-0.2, 0) is 4.74 Å². The summed E-state index contributed by atoms with van der Waals surface area (Å²) < 4.78 is 5.16. The van der Waals surface area contributed by atoms with E-state index in [1.807, 2.05) is 24.5 Å². The monoisotopic (exact) mass is 182 g/mol. The zero-order valence-corrected chi connectivity index (χ0v) is 8.20. The predicted molar refractivity (Wildman–Crippen MR) is 53.7 cm³/mol. The maximum Gasteiger partial charge on any atom is 0.0594 e. The van der Waals surface area contributed by atoms with E-state index in [0.717, 1.165) is 26.3 Å². The first-order valence-electron chi connectivity index (χ1n) is 4.81. The summed E-state index contributed by atoms with van der Waals surface area (Å²) >= 11 is 0. The Labute approximate surface area is 79.7 Å². The van der Waals surface area contributed by atoms with Crippen LogP contribution in [0.2, 0.25) is 0 Å². The van der Waals surface area contributed by atoms with Crippen molar-refractivity contribution in [3.8, 4) is 0 Å². The Morgan fingerprint density at radius 2 is 1.85 bits per heavy atom. The number of morpholine rings is 1. The van der Waals surface area contributed by atoms with Crippen molar-refractivity contribution in [3.63, 3.8) is 0 Å². The normalized spacial score (nSPS) is 17.6. The molecule has 0 aliphatic carbocycles. The van der Waals surface area contributed by atoms with Crippen LogP contribution in [0.4, 0.5) is 0 Å². The van der Waals surface area contributed by atoms with Crippen LogP contribution in [0.25, 0.3) is 0 Å². The lowest BCUT2D eigenvalue weighted by molar-refractivity contribution is 0.0405. The number of nitrogens with zero attached hydrogens (tertiary/aromatic N) is 1. The fourth-order valence-electron chi connectivity index (χ4n) is 1.20. The molecule has 2 heterocycles. The van der Waals surface area contributed by atoms with Crippen LogP contribution in [0.5, 0.6) is 0 Å². The van der Waals surface area contributed by atoms with Gasteiger partial charge in [0.05, 0.1) is 13.2 Å². The highest BCUT2D eigenvalue weighted by atomic mass is 16.5. The molecule has 0 spiro atoms. The maximum absolute atomic E-state index is 5.16. The van der Waals surface area contributed by atoms with E-state index in [2.05, 4.69) is 16.8 Å². The smallest absolute Gasteiger partial charge is 0.0594 e. The minimum atomic E-state index is 0.924. The summed E-state index contributed by atoms with van der Waals surface area (Å²) in [5, 5.41) is 0. The molecule has 3 heteroatoms. The van der Waals surface area contributed by atoms with Gasteiger partial charge >= 0.3 is 0 Å². The van der Waals surface area contributed by atoms with Crippen LogP contribution in [0.3, 0.4) is 0 Å². The molecule has 1 fully saturated rings. The van der Waals surface area contributed by atoms with Gasteiger partial charge in [-0.25, -0.2) is 0 Å². The lowest BCUT2D eigenvalue weighted by atomic mass is 10.4. The summed E-state index contributed by atoms with van der Waals surface area (Å²) in [6.45, 7) is 7.45. The van der Waals surface area contributed by atoms with Crippen molar-refractivity contribution in [1.29, 1.82) is 0 Å². The summed E-state index contributed by atoms with van der Waals surface area (Å²) in [4.78, 5) is 5.25. The highest BCUT2D eigenvalue weighted by Crippen LogP contribution is 1.93. The first kappa shape index (κ1) is 10.3. The van der Waals surface area contributed by atoms with Gasteiger partial charge in [0, 0.05) is 25.5 Å². The molecular formula is C10H18N2O. The molecule has 74 valence electrons. The van der Waals surface area contributed by atoms with Crippen molar-refractivity contribution in [2.75, 3.05) is 32.8 Å². The van der Waals surface area contributed by atoms with Gasteiger partial charge in [-0.05, 0) is 18.7 Å². The van der Waals surface area contributed by atoms with E-state index in [1.165, 1.54) is 6.54 Å². The van der Waals surface area contributed by atoms with E-state index in [1.54, 1.807) is 0 Å².